The molecule has 2 heterocycles. The molecular weight excluding hydrogens is 647 g/mol. The Labute approximate surface area is 306 Å². The number of aromatic nitrogens is 3. The van der Waals surface area contributed by atoms with Gasteiger partial charge in [0.2, 0.25) is 0 Å². The van der Waals surface area contributed by atoms with Crippen LogP contribution in [-0.4, -0.2) is 15.0 Å². The summed E-state index contributed by atoms with van der Waals surface area (Å²) in [5.74, 6) is 1.83. The molecule has 248 valence electrons. The quantitative estimate of drug-likeness (QED) is 0.176. The van der Waals surface area contributed by atoms with Gasteiger partial charge in [-0.25, -0.2) is 15.0 Å². The van der Waals surface area contributed by atoms with Gasteiger partial charge in [0.15, 0.2) is 17.5 Å². The zero-order valence-corrected chi connectivity index (χ0v) is 28.6. The van der Waals surface area contributed by atoms with Gasteiger partial charge in [0.25, 0.3) is 0 Å². The molecule has 0 aliphatic heterocycles. The molecule has 2 aromatic heterocycles. The van der Waals surface area contributed by atoms with Gasteiger partial charge in [0.05, 0.1) is 0 Å². The molecule has 0 N–H and O–H groups in total. The van der Waals surface area contributed by atoms with Crippen LogP contribution in [0.15, 0.2) is 192 Å². The predicted octanol–water partition coefficient (Wildman–Crippen LogP) is 12.9. The van der Waals surface area contributed by atoms with Crippen LogP contribution in [0.3, 0.4) is 0 Å². The zero-order chi connectivity index (χ0) is 35.1. The normalized spacial score (nSPS) is 11.4. The van der Waals surface area contributed by atoms with Crippen LogP contribution in [0.4, 0.5) is 0 Å². The molecule has 0 amide bonds. The Morgan fingerprint density at radius 2 is 0.830 bits per heavy atom. The van der Waals surface area contributed by atoms with Gasteiger partial charge in [-0.3, -0.25) is 0 Å². The highest BCUT2D eigenvalue weighted by Crippen LogP contribution is 2.39. The summed E-state index contributed by atoms with van der Waals surface area (Å²) in [5, 5.41) is 4.48. The van der Waals surface area contributed by atoms with Crippen LogP contribution in [0.5, 0.6) is 0 Å². The standard InChI is InChI=1S/C49H31N3O/c1-3-11-32(12-4-1)38-17-9-18-41(30-38)48-50-47(36-14-5-2-6-15-36)51-49(52-48)42-19-10-20-45-46(42)43-31-40(27-28-44(43)53-45)35-23-21-34(22-24-35)39-26-25-33-13-7-8-16-37(33)29-39/h1-31H. The fraction of sp³-hybridized carbons (Fsp3) is 0. The van der Waals surface area contributed by atoms with Gasteiger partial charge in [0.1, 0.15) is 11.2 Å². The molecule has 0 saturated heterocycles. The number of fused-ring (bicyclic) bond motifs is 4. The Morgan fingerprint density at radius 3 is 1.60 bits per heavy atom. The fourth-order valence-corrected chi connectivity index (χ4v) is 7.23. The second-order valence-corrected chi connectivity index (χ2v) is 13.3. The van der Waals surface area contributed by atoms with Gasteiger partial charge >= 0.3 is 0 Å². The number of hydrogen-bond acceptors (Lipinski definition) is 4. The van der Waals surface area contributed by atoms with E-state index in [1.165, 1.54) is 21.9 Å². The van der Waals surface area contributed by atoms with Crippen molar-refractivity contribution < 1.29 is 4.42 Å². The lowest BCUT2D eigenvalue weighted by Gasteiger charge is -2.10. The van der Waals surface area contributed by atoms with E-state index in [2.05, 4.69) is 140 Å². The first-order valence-corrected chi connectivity index (χ1v) is 17.8. The molecule has 0 fully saturated rings. The van der Waals surface area contributed by atoms with Crippen molar-refractivity contribution >= 4 is 32.7 Å². The van der Waals surface area contributed by atoms with Gasteiger partial charge in [-0.2, -0.15) is 0 Å². The SMILES string of the molecule is c1ccc(-c2cccc(-c3nc(-c4ccccc4)nc(-c4cccc5oc6ccc(-c7ccc(-c8ccc9ccccc9c8)cc7)cc6c45)n3)c2)cc1. The molecule has 0 radical (unpaired) electrons. The highest BCUT2D eigenvalue weighted by Gasteiger charge is 2.18. The maximum Gasteiger partial charge on any atom is 0.164 e. The Bertz CT molecular complexity index is 2930. The van der Waals surface area contributed by atoms with Crippen molar-refractivity contribution in [2.75, 3.05) is 0 Å². The molecule has 8 aromatic carbocycles. The second kappa shape index (κ2) is 12.9. The minimum Gasteiger partial charge on any atom is -0.456 e. The van der Waals surface area contributed by atoms with Crippen molar-refractivity contribution in [1.82, 2.24) is 15.0 Å². The molecular formula is C49H31N3O. The molecule has 0 bridgehead atoms. The van der Waals surface area contributed by atoms with Crippen LogP contribution in [0.25, 0.3) is 100 Å². The number of hydrogen-bond donors (Lipinski definition) is 0. The van der Waals surface area contributed by atoms with E-state index in [-0.39, 0.29) is 0 Å². The third kappa shape index (κ3) is 5.73. The molecule has 0 aliphatic rings. The van der Waals surface area contributed by atoms with E-state index < -0.39 is 0 Å². The summed E-state index contributed by atoms with van der Waals surface area (Å²) in [5.41, 5.74) is 11.2. The van der Waals surface area contributed by atoms with Crippen molar-refractivity contribution in [3.63, 3.8) is 0 Å². The Morgan fingerprint density at radius 1 is 0.302 bits per heavy atom. The van der Waals surface area contributed by atoms with Crippen LogP contribution in [-0.2, 0) is 0 Å². The molecule has 0 saturated carbocycles. The van der Waals surface area contributed by atoms with Crippen molar-refractivity contribution in [3.05, 3.63) is 188 Å². The maximum absolute atomic E-state index is 6.44. The average molecular weight is 678 g/mol. The van der Waals surface area contributed by atoms with E-state index in [0.29, 0.717) is 17.5 Å². The summed E-state index contributed by atoms with van der Waals surface area (Å²) in [7, 11) is 0. The monoisotopic (exact) mass is 677 g/mol. The summed E-state index contributed by atoms with van der Waals surface area (Å²) in [6.07, 6.45) is 0. The summed E-state index contributed by atoms with van der Waals surface area (Å²) in [4.78, 5) is 15.3. The number of nitrogens with zero attached hydrogens (tertiary/aromatic N) is 3. The minimum absolute atomic E-state index is 0.595. The maximum atomic E-state index is 6.44. The molecule has 53 heavy (non-hydrogen) atoms. The highest BCUT2D eigenvalue weighted by molar-refractivity contribution is 6.12. The Balaban J connectivity index is 1.09. The topological polar surface area (TPSA) is 51.8 Å². The van der Waals surface area contributed by atoms with Gasteiger partial charge in [0, 0.05) is 27.5 Å². The summed E-state index contributed by atoms with van der Waals surface area (Å²) >= 11 is 0. The van der Waals surface area contributed by atoms with Crippen molar-refractivity contribution in [2.24, 2.45) is 0 Å². The first-order chi connectivity index (χ1) is 26.2. The molecule has 0 spiro atoms. The highest BCUT2D eigenvalue weighted by atomic mass is 16.3. The molecule has 10 aromatic rings. The molecule has 0 atom stereocenters. The van der Waals surface area contributed by atoms with Gasteiger partial charge in [-0.1, -0.05) is 158 Å². The van der Waals surface area contributed by atoms with Gasteiger partial charge in [-0.05, 0) is 74.5 Å². The molecule has 0 unspecified atom stereocenters. The smallest absolute Gasteiger partial charge is 0.164 e. The third-order valence-corrected chi connectivity index (χ3v) is 9.93. The lowest BCUT2D eigenvalue weighted by Crippen LogP contribution is -2.00. The largest absolute Gasteiger partial charge is 0.456 e. The number of rotatable bonds is 6. The number of furan rings is 1. The van der Waals surface area contributed by atoms with Gasteiger partial charge in [-0.15, -0.1) is 0 Å². The van der Waals surface area contributed by atoms with Crippen LogP contribution in [0, 0.1) is 0 Å². The zero-order valence-electron chi connectivity index (χ0n) is 28.6. The number of benzene rings is 8. The van der Waals surface area contributed by atoms with Crippen LogP contribution >= 0.6 is 0 Å². The van der Waals surface area contributed by atoms with E-state index in [0.717, 1.165) is 60.9 Å². The second-order valence-electron chi connectivity index (χ2n) is 13.3. The van der Waals surface area contributed by atoms with Gasteiger partial charge < -0.3 is 4.42 Å². The van der Waals surface area contributed by atoms with Crippen LogP contribution in [0.2, 0.25) is 0 Å². The molecule has 10 rings (SSSR count). The van der Waals surface area contributed by atoms with Crippen LogP contribution < -0.4 is 0 Å². The summed E-state index contributed by atoms with van der Waals surface area (Å²) in [6.45, 7) is 0. The van der Waals surface area contributed by atoms with E-state index >= 15 is 0 Å². The Hall–Kier alpha value is -7.17. The van der Waals surface area contributed by atoms with Crippen LogP contribution in [0.1, 0.15) is 0 Å². The van der Waals surface area contributed by atoms with E-state index in [9.17, 15) is 0 Å². The average Bonchev–Trinajstić information content (AvgIpc) is 3.62. The lowest BCUT2D eigenvalue weighted by atomic mass is 9.97. The predicted molar refractivity (Wildman–Crippen MR) is 217 cm³/mol. The van der Waals surface area contributed by atoms with Crippen molar-refractivity contribution in [1.29, 1.82) is 0 Å². The molecule has 4 heteroatoms. The van der Waals surface area contributed by atoms with E-state index in [1.807, 2.05) is 48.5 Å². The Kier molecular flexibility index (Phi) is 7.43. The summed E-state index contributed by atoms with van der Waals surface area (Å²) in [6, 6.07) is 65.3. The third-order valence-electron chi connectivity index (χ3n) is 9.93. The molecule has 4 nitrogen and oxygen atoms in total. The summed E-state index contributed by atoms with van der Waals surface area (Å²) < 4.78 is 6.44. The van der Waals surface area contributed by atoms with E-state index in [4.69, 9.17) is 19.4 Å². The van der Waals surface area contributed by atoms with E-state index in [1.54, 1.807) is 0 Å². The fourth-order valence-electron chi connectivity index (χ4n) is 7.23. The molecule has 0 aliphatic carbocycles. The van der Waals surface area contributed by atoms with Crippen molar-refractivity contribution in [2.45, 2.75) is 0 Å². The van der Waals surface area contributed by atoms with Crippen molar-refractivity contribution in [3.8, 4) is 67.5 Å². The lowest BCUT2D eigenvalue weighted by molar-refractivity contribution is 0.669. The first kappa shape index (κ1) is 30.6. The first-order valence-electron chi connectivity index (χ1n) is 17.8. The minimum atomic E-state index is 0.595.